The number of nitrogens with one attached hydrogen (secondary N) is 1. The Bertz CT molecular complexity index is 459. The Kier molecular flexibility index (Phi) is 6.49. The monoisotopic (exact) mass is 309 g/mol. The van der Waals surface area contributed by atoms with Gasteiger partial charge in [-0.15, -0.1) is 0 Å². The zero-order chi connectivity index (χ0) is 15.1. The Morgan fingerprint density at radius 2 is 1.86 bits per heavy atom. The fourth-order valence-corrected chi connectivity index (χ4v) is 2.80. The third kappa shape index (κ3) is 4.99. The molecule has 0 atom stereocenters. The van der Waals surface area contributed by atoms with Crippen molar-refractivity contribution in [1.29, 1.82) is 0 Å². The van der Waals surface area contributed by atoms with Crippen molar-refractivity contribution in [2.75, 3.05) is 45.8 Å². The largest absolute Gasteiger partial charge is 0.352 e. The molecule has 0 unspecified atom stereocenters. The zero-order valence-electron chi connectivity index (χ0n) is 12.6. The minimum atomic E-state index is -0.0867. The van der Waals surface area contributed by atoms with Gasteiger partial charge in [0.15, 0.2) is 0 Å². The molecule has 0 aromatic heterocycles. The molecule has 1 N–H and O–H groups in total. The molecular formula is C16H24ClN3O. The molecule has 1 saturated heterocycles. The maximum Gasteiger partial charge on any atom is 0.252 e. The zero-order valence-corrected chi connectivity index (χ0v) is 13.4. The lowest BCUT2D eigenvalue weighted by atomic mass is 10.2. The predicted molar refractivity (Wildman–Crippen MR) is 87.0 cm³/mol. The Balaban J connectivity index is 1.64. The second-order valence-electron chi connectivity index (χ2n) is 5.37. The number of halogens is 1. The van der Waals surface area contributed by atoms with E-state index in [0.29, 0.717) is 17.1 Å². The molecule has 0 saturated carbocycles. The van der Waals surface area contributed by atoms with E-state index < -0.39 is 0 Å². The quantitative estimate of drug-likeness (QED) is 0.818. The SMILES string of the molecule is CCN1CCN(CCCNC(=O)c2ccccc2Cl)CC1. The number of amides is 1. The number of carbonyl (C=O) groups is 1. The van der Waals surface area contributed by atoms with Crippen molar-refractivity contribution in [3.63, 3.8) is 0 Å². The number of nitrogens with zero attached hydrogens (tertiary/aromatic N) is 2. The van der Waals surface area contributed by atoms with Crippen molar-refractivity contribution < 1.29 is 4.79 Å². The van der Waals surface area contributed by atoms with Gasteiger partial charge < -0.3 is 15.1 Å². The molecule has 1 amide bonds. The van der Waals surface area contributed by atoms with Gasteiger partial charge in [-0.05, 0) is 31.6 Å². The second kappa shape index (κ2) is 8.37. The highest BCUT2D eigenvalue weighted by Crippen LogP contribution is 2.14. The first-order valence-electron chi connectivity index (χ1n) is 7.68. The van der Waals surface area contributed by atoms with Crippen LogP contribution in [0.2, 0.25) is 5.02 Å². The molecule has 116 valence electrons. The highest BCUT2D eigenvalue weighted by molar-refractivity contribution is 6.33. The summed E-state index contributed by atoms with van der Waals surface area (Å²) in [5.41, 5.74) is 0.552. The molecular weight excluding hydrogens is 286 g/mol. The van der Waals surface area contributed by atoms with Gasteiger partial charge >= 0.3 is 0 Å². The maximum atomic E-state index is 12.0. The van der Waals surface area contributed by atoms with Gasteiger partial charge in [0.1, 0.15) is 0 Å². The molecule has 0 aliphatic carbocycles. The molecule has 0 bridgehead atoms. The first kappa shape index (κ1) is 16.3. The molecule has 1 aromatic rings. The summed E-state index contributed by atoms with van der Waals surface area (Å²) in [5, 5.41) is 3.44. The summed E-state index contributed by atoms with van der Waals surface area (Å²) >= 11 is 6.01. The molecule has 1 fully saturated rings. The Morgan fingerprint density at radius 1 is 1.19 bits per heavy atom. The van der Waals surface area contributed by atoms with Crippen molar-refractivity contribution >= 4 is 17.5 Å². The van der Waals surface area contributed by atoms with E-state index >= 15 is 0 Å². The molecule has 5 heteroatoms. The number of hydrogen-bond acceptors (Lipinski definition) is 3. The van der Waals surface area contributed by atoms with Crippen LogP contribution in [0.15, 0.2) is 24.3 Å². The van der Waals surface area contributed by atoms with E-state index in [2.05, 4.69) is 22.0 Å². The van der Waals surface area contributed by atoms with Crippen LogP contribution in [-0.2, 0) is 0 Å². The van der Waals surface area contributed by atoms with E-state index in [-0.39, 0.29) is 5.91 Å². The minimum absolute atomic E-state index is 0.0867. The highest BCUT2D eigenvalue weighted by atomic mass is 35.5. The third-order valence-electron chi connectivity index (χ3n) is 3.97. The van der Waals surface area contributed by atoms with Gasteiger partial charge in [0.2, 0.25) is 0 Å². The topological polar surface area (TPSA) is 35.6 Å². The van der Waals surface area contributed by atoms with Gasteiger partial charge in [-0.25, -0.2) is 0 Å². The van der Waals surface area contributed by atoms with Gasteiger partial charge in [0, 0.05) is 32.7 Å². The van der Waals surface area contributed by atoms with E-state index in [4.69, 9.17) is 11.6 Å². The van der Waals surface area contributed by atoms with Crippen molar-refractivity contribution in [2.45, 2.75) is 13.3 Å². The summed E-state index contributed by atoms with van der Waals surface area (Å²) in [4.78, 5) is 16.9. The van der Waals surface area contributed by atoms with Gasteiger partial charge in [-0.1, -0.05) is 30.7 Å². The Morgan fingerprint density at radius 3 is 2.52 bits per heavy atom. The van der Waals surface area contributed by atoms with E-state index in [0.717, 1.165) is 45.7 Å². The van der Waals surface area contributed by atoms with Gasteiger partial charge in [-0.2, -0.15) is 0 Å². The number of piperazine rings is 1. The lowest BCUT2D eigenvalue weighted by Crippen LogP contribution is -2.46. The minimum Gasteiger partial charge on any atom is -0.352 e. The van der Waals surface area contributed by atoms with Crippen LogP contribution < -0.4 is 5.32 Å². The van der Waals surface area contributed by atoms with Crippen molar-refractivity contribution in [3.05, 3.63) is 34.9 Å². The predicted octanol–water partition coefficient (Wildman–Crippen LogP) is 2.10. The van der Waals surface area contributed by atoms with Crippen molar-refractivity contribution in [3.8, 4) is 0 Å². The summed E-state index contributed by atoms with van der Waals surface area (Å²) in [6.45, 7) is 9.66. The lowest BCUT2D eigenvalue weighted by molar-refractivity contribution is 0.0948. The standard InChI is InChI=1S/C16H24ClN3O/c1-2-19-10-12-20(13-11-19)9-5-8-18-16(21)14-6-3-4-7-15(14)17/h3-4,6-7H,2,5,8-13H2,1H3,(H,18,21). The normalized spacial score (nSPS) is 16.9. The molecule has 21 heavy (non-hydrogen) atoms. The number of rotatable bonds is 6. The number of hydrogen-bond donors (Lipinski definition) is 1. The average molecular weight is 310 g/mol. The number of benzene rings is 1. The fourth-order valence-electron chi connectivity index (χ4n) is 2.57. The Hall–Kier alpha value is -1.10. The maximum absolute atomic E-state index is 12.0. The Labute approximate surface area is 132 Å². The van der Waals surface area contributed by atoms with Gasteiger partial charge in [-0.3, -0.25) is 4.79 Å². The molecule has 0 spiro atoms. The summed E-state index contributed by atoms with van der Waals surface area (Å²) in [6.07, 6.45) is 0.975. The average Bonchev–Trinajstić information content (AvgIpc) is 2.52. The smallest absolute Gasteiger partial charge is 0.252 e. The van der Waals surface area contributed by atoms with Crippen molar-refractivity contribution in [1.82, 2.24) is 15.1 Å². The molecule has 1 aliphatic rings. The van der Waals surface area contributed by atoms with Crippen LogP contribution in [0.1, 0.15) is 23.7 Å². The molecule has 1 aliphatic heterocycles. The lowest BCUT2D eigenvalue weighted by Gasteiger charge is -2.33. The number of likely N-dealkylation sites (N-methyl/N-ethyl adjacent to an activating group) is 1. The number of carbonyl (C=O) groups excluding carboxylic acids is 1. The fraction of sp³-hybridized carbons (Fsp3) is 0.562. The van der Waals surface area contributed by atoms with Gasteiger partial charge in [0.25, 0.3) is 5.91 Å². The first-order chi connectivity index (χ1) is 10.2. The van der Waals surface area contributed by atoms with Crippen LogP contribution in [-0.4, -0.2) is 61.5 Å². The summed E-state index contributed by atoms with van der Waals surface area (Å²) in [5.74, 6) is -0.0867. The molecule has 1 aromatic carbocycles. The molecule has 2 rings (SSSR count). The van der Waals surface area contributed by atoms with Crippen LogP contribution in [0.3, 0.4) is 0 Å². The van der Waals surface area contributed by atoms with Crippen LogP contribution in [0.25, 0.3) is 0 Å². The van der Waals surface area contributed by atoms with E-state index in [9.17, 15) is 4.79 Å². The van der Waals surface area contributed by atoms with Gasteiger partial charge in [0.05, 0.1) is 10.6 Å². The first-order valence-corrected chi connectivity index (χ1v) is 8.06. The van der Waals surface area contributed by atoms with E-state index in [1.807, 2.05) is 12.1 Å². The molecule has 1 heterocycles. The van der Waals surface area contributed by atoms with E-state index in [1.54, 1.807) is 12.1 Å². The molecule has 0 radical (unpaired) electrons. The highest BCUT2D eigenvalue weighted by Gasteiger charge is 2.15. The summed E-state index contributed by atoms with van der Waals surface area (Å²) < 4.78 is 0. The van der Waals surface area contributed by atoms with Crippen LogP contribution in [0.4, 0.5) is 0 Å². The van der Waals surface area contributed by atoms with E-state index in [1.165, 1.54) is 0 Å². The molecule has 4 nitrogen and oxygen atoms in total. The van der Waals surface area contributed by atoms with Crippen LogP contribution >= 0.6 is 11.6 Å². The summed E-state index contributed by atoms with van der Waals surface area (Å²) in [7, 11) is 0. The third-order valence-corrected chi connectivity index (χ3v) is 4.30. The summed E-state index contributed by atoms with van der Waals surface area (Å²) in [6, 6.07) is 7.15. The van der Waals surface area contributed by atoms with Crippen LogP contribution in [0, 0.1) is 0 Å². The van der Waals surface area contributed by atoms with Crippen LogP contribution in [0.5, 0.6) is 0 Å². The second-order valence-corrected chi connectivity index (χ2v) is 5.77. The van der Waals surface area contributed by atoms with Crippen molar-refractivity contribution in [2.24, 2.45) is 0 Å².